The van der Waals surface area contributed by atoms with Crippen molar-refractivity contribution in [3.8, 4) is 11.4 Å². The first kappa shape index (κ1) is 13.6. The van der Waals surface area contributed by atoms with Gasteiger partial charge in [0.25, 0.3) is 5.82 Å². The molecule has 0 aliphatic rings. The van der Waals surface area contributed by atoms with Crippen molar-refractivity contribution in [2.45, 2.75) is 0 Å². The van der Waals surface area contributed by atoms with E-state index in [4.69, 9.17) is 15.3 Å². The SMILES string of the molecule is O.O=[N+]([O-])[O-].c1ccc(-c2[nH]cc[nH+]2)cc1. The molecule has 0 bridgehead atoms. The molecule has 2 aromatic rings. The molecule has 7 nitrogen and oxygen atoms in total. The Morgan fingerprint density at radius 1 is 1.19 bits per heavy atom. The molecule has 0 saturated carbocycles. The van der Waals surface area contributed by atoms with E-state index in [0.717, 1.165) is 5.82 Å². The van der Waals surface area contributed by atoms with E-state index >= 15 is 0 Å². The molecule has 0 radical (unpaired) electrons. The Kier molecular flexibility index (Phi) is 5.91. The number of aromatic amines is 2. The molecule has 16 heavy (non-hydrogen) atoms. The molecule has 0 unspecified atom stereocenters. The van der Waals surface area contributed by atoms with Gasteiger partial charge in [-0.25, -0.2) is 9.97 Å². The molecule has 0 aliphatic heterocycles. The van der Waals surface area contributed by atoms with Crippen molar-refractivity contribution in [2.75, 3.05) is 0 Å². The summed E-state index contributed by atoms with van der Waals surface area (Å²) in [5.41, 5.74) is 1.18. The molecule has 2 rings (SSSR count). The molecule has 0 spiro atoms. The van der Waals surface area contributed by atoms with Crippen LogP contribution in [-0.4, -0.2) is 15.5 Å². The predicted molar refractivity (Wildman–Crippen MR) is 56.8 cm³/mol. The van der Waals surface area contributed by atoms with Crippen LogP contribution in [0.4, 0.5) is 0 Å². The van der Waals surface area contributed by atoms with E-state index in [-0.39, 0.29) is 5.48 Å². The molecule has 0 fully saturated rings. The third kappa shape index (κ3) is 4.72. The van der Waals surface area contributed by atoms with Gasteiger partial charge in [-0.3, -0.25) is 0 Å². The minimum atomic E-state index is -1.75. The second kappa shape index (κ2) is 6.96. The highest BCUT2D eigenvalue weighted by molar-refractivity contribution is 5.50. The highest BCUT2D eigenvalue weighted by atomic mass is 16.9. The fraction of sp³-hybridized carbons (Fsp3) is 0. The molecule has 0 atom stereocenters. The number of rotatable bonds is 1. The zero-order chi connectivity index (χ0) is 11.1. The number of nitrogens with zero attached hydrogens (tertiary/aromatic N) is 1. The molecule has 0 amide bonds. The van der Waals surface area contributed by atoms with Crippen molar-refractivity contribution >= 4 is 0 Å². The molecule has 4 N–H and O–H groups in total. The van der Waals surface area contributed by atoms with Gasteiger partial charge in [-0.2, -0.15) is 0 Å². The van der Waals surface area contributed by atoms with Crippen LogP contribution in [0.15, 0.2) is 42.7 Å². The van der Waals surface area contributed by atoms with Crippen molar-refractivity contribution in [3.63, 3.8) is 0 Å². The van der Waals surface area contributed by atoms with Crippen LogP contribution in [0.5, 0.6) is 0 Å². The first-order valence-electron chi connectivity index (χ1n) is 4.12. The molecule has 1 heterocycles. The van der Waals surface area contributed by atoms with Crippen molar-refractivity contribution in [2.24, 2.45) is 0 Å². The van der Waals surface area contributed by atoms with Gasteiger partial charge < -0.3 is 20.8 Å². The zero-order valence-corrected chi connectivity index (χ0v) is 8.21. The summed E-state index contributed by atoms with van der Waals surface area (Å²) < 4.78 is 0. The lowest BCUT2D eigenvalue weighted by Crippen LogP contribution is -1.99. The summed E-state index contributed by atoms with van der Waals surface area (Å²) >= 11 is 0. The fourth-order valence-electron chi connectivity index (χ4n) is 1.06. The van der Waals surface area contributed by atoms with Crippen LogP contribution in [0.25, 0.3) is 11.4 Å². The lowest BCUT2D eigenvalue weighted by atomic mass is 10.2. The highest BCUT2D eigenvalue weighted by Gasteiger charge is 2.01. The van der Waals surface area contributed by atoms with Crippen LogP contribution in [0.3, 0.4) is 0 Å². The van der Waals surface area contributed by atoms with Gasteiger partial charge in [-0.05, 0) is 12.1 Å². The van der Waals surface area contributed by atoms with E-state index in [9.17, 15) is 0 Å². The Morgan fingerprint density at radius 3 is 2.19 bits per heavy atom. The van der Waals surface area contributed by atoms with Crippen molar-refractivity contribution in [1.82, 2.24) is 4.98 Å². The Bertz CT molecular complexity index is 398. The maximum Gasteiger partial charge on any atom is 0.284 e. The number of benzene rings is 1. The van der Waals surface area contributed by atoms with Crippen LogP contribution in [-0.2, 0) is 0 Å². The monoisotopic (exact) mass is 225 g/mol. The lowest BCUT2D eigenvalue weighted by molar-refractivity contribution is -0.402. The number of H-pyrrole nitrogens is 2. The average Bonchev–Trinajstić information content (AvgIpc) is 2.71. The predicted octanol–water partition coefficient (Wildman–Crippen LogP) is 0.432. The summed E-state index contributed by atoms with van der Waals surface area (Å²) in [6.07, 6.45) is 3.75. The van der Waals surface area contributed by atoms with Gasteiger partial charge in [-0.1, -0.05) is 18.2 Å². The van der Waals surface area contributed by atoms with E-state index in [1.54, 1.807) is 0 Å². The second-order valence-corrected chi connectivity index (χ2v) is 2.59. The summed E-state index contributed by atoms with van der Waals surface area (Å²) in [6, 6.07) is 10.2. The molecule has 1 aromatic carbocycles. The Labute approximate surface area is 90.8 Å². The minimum absolute atomic E-state index is 0. The molecule has 86 valence electrons. The third-order valence-electron chi connectivity index (χ3n) is 1.60. The summed E-state index contributed by atoms with van der Waals surface area (Å²) in [6.45, 7) is 0. The topological polar surface area (TPSA) is 128 Å². The first-order chi connectivity index (χ1) is 7.20. The van der Waals surface area contributed by atoms with Crippen LogP contribution in [0.1, 0.15) is 0 Å². The standard InChI is InChI=1S/C9H8N2.NO3.H2O/c1-2-4-8(5-3-1)9-10-6-7-11-9;2-1(3)4;/h1-7H,(H,10,11);;1H2/q;-1;/p+1. The maximum atomic E-state index is 8.25. The van der Waals surface area contributed by atoms with Gasteiger partial charge in [-0.15, -0.1) is 0 Å². The number of aromatic nitrogens is 2. The van der Waals surface area contributed by atoms with Gasteiger partial charge in [0, 0.05) is 0 Å². The van der Waals surface area contributed by atoms with Gasteiger partial charge in [0.2, 0.25) is 0 Å². The summed E-state index contributed by atoms with van der Waals surface area (Å²) in [5.74, 6) is 1.05. The van der Waals surface area contributed by atoms with E-state index < -0.39 is 5.09 Å². The fourth-order valence-corrected chi connectivity index (χ4v) is 1.06. The average molecular weight is 225 g/mol. The van der Waals surface area contributed by atoms with E-state index in [2.05, 4.69) is 22.1 Å². The Morgan fingerprint density at radius 2 is 1.75 bits per heavy atom. The van der Waals surface area contributed by atoms with Gasteiger partial charge in [0.05, 0.1) is 10.7 Å². The van der Waals surface area contributed by atoms with Crippen molar-refractivity contribution in [3.05, 3.63) is 58.0 Å². The van der Waals surface area contributed by atoms with Crippen LogP contribution < -0.4 is 4.98 Å². The van der Waals surface area contributed by atoms with Crippen LogP contribution in [0, 0.1) is 15.3 Å². The lowest BCUT2D eigenvalue weighted by Gasteiger charge is -1.87. The van der Waals surface area contributed by atoms with E-state index in [1.165, 1.54) is 5.56 Å². The molecule has 7 heteroatoms. The van der Waals surface area contributed by atoms with Crippen LogP contribution >= 0.6 is 0 Å². The molecular formula is C9H11N3O4. The first-order valence-corrected chi connectivity index (χ1v) is 4.12. The minimum Gasteiger partial charge on any atom is -0.412 e. The quantitative estimate of drug-likeness (QED) is 0.558. The van der Waals surface area contributed by atoms with E-state index in [1.807, 2.05) is 30.6 Å². The second-order valence-electron chi connectivity index (χ2n) is 2.59. The number of nitrogens with one attached hydrogen (secondary N) is 2. The van der Waals surface area contributed by atoms with Gasteiger partial charge in [0.15, 0.2) is 0 Å². The molecular weight excluding hydrogens is 214 g/mol. The zero-order valence-electron chi connectivity index (χ0n) is 8.21. The molecule has 0 saturated heterocycles. The third-order valence-corrected chi connectivity index (χ3v) is 1.60. The maximum absolute atomic E-state index is 8.25. The van der Waals surface area contributed by atoms with Crippen molar-refractivity contribution in [1.29, 1.82) is 0 Å². The summed E-state index contributed by atoms with van der Waals surface area (Å²) in [7, 11) is 0. The number of hydrogen-bond donors (Lipinski definition) is 1. The normalized spacial score (nSPS) is 8.25. The summed E-state index contributed by atoms with van der Waals surface area (Å²) in [4.78, 5) is 14.4. The number of hydrogen-bond acceptors (Lipinski definition) is 3. The summed E-state index contributed by atoms with van der Waals surface area (Å²) in [5, 5.41) is 14.8. The van der Waals surface area contributed by atoms with Gasteiger partial charge >= 0.3 is 0 Å². The van der Waals surface area contributed by atoms with Crippen LogP contribution in [0.2, 0.25) is 0 Å². The molecule has 1 aromatic heterocycles. The smallest absolute Gasteiger partial charge is 0.284 e. The Hall–Kier alpha value is -2.41. The number of imidazole rings is 1. The highest BCUT2D eigenvalue weighted by Crippen LogP contribution is 2.09. The largest absolute Gasteiger partial charge is 0.412 e. The van der Waals surface area contributed by atoms with Crippen molar-refractivity contribution < 1.29 is 15.5 Å². The Balaban J connectivity index is 0.000000397. The van der Waals surface area contributed by atoms with E-state index in [0.29, 0.717) is 0 Å². The molecule has 0 aliphatic carbocycles. The van der Waals surface area contributed by atoms with Gasteiger partial charge in [0.1, 0.15) is 12.4 Å².